The van der Waals surface area contributed by atoms with Crippen LogP contribution in [0, 0.1) is 25.2 Å². The lowest BCUT2D eigenvalue weighted by molar-refractivity contribution is -0.131. The van der Waals surface area contributed by atoms with E-state index in [1.165, 1.54) is 0 Å². The molecule has 6 nitrogen and oxygen atoms in total. The van der Waals surface area contributed by atoms with E-state index in [4.69, 9.17) is 9.47 Å². The van der Waals surface area contributed by atoms with Crippen molar-refractivity contribution in [3.63, 3.8) is 0 Å². The first kappa shape index (κ1) is 17.4. The van der Waals surface area contributed by atoms with Gasteiger partial charge in [0.2, 0.25) is 5.91 Å². The van der Waals surface area contributed by atoms with Crippen molar-refractivity contribution in [2.24, 2.45) is 11.3 Å². The molecule has 0 bridgehead atoms. The molecule has 6 heteroatoms. The van der Waals surface area contributed by atoms with Crippen molar-refractivity contribution < 1.29 is 14.3 Å². The zero-order valence-corrected chi connectivity index (χ0v) is 15.1. The fraction of sp³-hybridized carbons (Fsp3) is 0.778. The van der Waals surface area contributed by atoms with Gasteiger partial charge in [0, 0.05) is 58.0 Å². The molecule has 3 heterocycles. The number of aromatic nitrogens is 2. The van der Waals surface area contributed by atoms with Gasteiger partial charge in [-0.2, -0.15) is 5.10 Å². The zero-order valence-electron chi connectivity index (χ0n) is 15.1. The summed E-state index contributed by atoms with van der Waals surface area (Å²) >= 11 is 0. The molecule has 0 N–H and O–H groups in total. The molecule has 1 amide bonds. The van der Waals surface area contributed by atoms with Gasteiger partial charge in [0.15, 0.2) is 0 Å². The van der Waals surface area contributed by atoms with Crippen LogP contribution in [0.25, 0.3) is 0 Å². The average molecular weight is 335 g/mol. The summed E-state index contributed by atoms with van der Waals surface area (Å²) in [5, 5.41) is 4.45. The molecule has 1 atom stereocenters. The van der Waals surface area contributed by atoms with Crippen LogP contribution >= 0.6 is 0 Å². The second kappa shape index (κ2) is 7.23. The maximum Gasteiger partial charge on any atom is 0.224 e. The maximum atomic E-state index is 12.7. The van der Waals surface area contributed by atoms with Crippen LogP contribution in [-0.2, 0) is 20.8 Å². The van der Waals surface area contributed by atoms with Gasteiger partial charge in [0.05, 0.1) is 12.3 Å². The van der Waals surface area contributed by atoms with Crippen molar-refractivity contribution >= 4 is 5.91 Å². The van der Waals surface area contributed by atoms with Crippen LogP contribution in [0.2, 0.25) is 0 Å². The minimum absolute atomic E-state index is 0.183. The Bertz CT molecular complexity index is 578. The van der Waals surface area contributed by atoms with Gasteiger partial charge in [-0.1, -0.05) is 0 Å². The number of ether oxygens (including phenoxy) is 2. The van der Waals surface area contributed by atoms with Crippen LogP contribution in [0.4, 0.5) is 0 Å². The smallest absolute Gasteiger partial charge is 0.224 e. The van der Waals surface area contributed by atoms with Gasteiger partial charge < -0.3 is 14.4 Å². The van der Waals surface area contributed by atoms with E-state index in [2.05, 4.69) is 5.10 Å². The molecule has 0 aliphatic carbocycles. The van der Waals surface area contributed by atoms with Gasteiger partial charge in [-0.25, -0.2) is 0 Å². The molecular formula is C18H29N3O3. The fourth-order valence-corrected chi connectivity index (χ4v) is 4.26. The van der Waals surface area contributed by atoms with E-state index in [0.717, 1.165) is 57.1 Å². The van der Waals surface area contributed by atoms with Crippen molar-refractivity contribution in [2.75, 3.05) is 40.0 Å². The summed E-state index contributed by atoms with van der Waals surface area (Å²) in [6, 6.07) is 2.05. The fourth-order valence-electron chi connectivity index (χ4n) is 4.26. The quantitative estimate of drug-likeness (QED) is 0.823. The Morgan fingerprint density at radius 1 is 1.42 bits per heavy atom. The molecule has 2 saturated heterocycles. The SMILES string of the molecule is COCC1CN(C(=O)CCn2nc(C)cc2C)CC12CCOCC2. The van der Waals surface area contributed by atoms with Gasteiger partial charge in [-0.3, -0.25) is 9.48 Å². The van der Waals surface area contributed by atoms with Crippen LogP contribution in [0.3, 0.4) is 0 Å². The number of likely N-dealkylation sites (tertiary alicyclic amines) is 1. The Balaban J connectivity index is 1.61. The third-order valence-corrected chi connectivity index (χ3v) is 5.66. The molecule has 0 aromatic carbocycles. The van der Waals surface area contributed by atoms with E-state index >= 15 is 0 Å². The van der Waals surface area contributed by atoms with Gasteiger partial charge in [-0.15, -0.1) is 0 Å². The van der Waals surface area contributed by atoms with Crippen LogP contribution in [0.1, 0.15) is 30.7 Å². The molecule has 1 unspecified atom stereocenters. The standard InChI is InChI=1S/C18H29N3O3/c1-14-10-15(2)21(19-14)7-4-17(22)20-11-16(12-23-3)18(13-20)5-8-24-9-6-18/h10,16H,4-9,11-13H2,1-3H3. The first-order chi connectivity index (χ1) is 11.5. The van der Waals surface area contributed by atoms with Crippen molar-refractivity contribution in [3.8, 4) is 0 Å². The first-order valence-corrected chi connectivity index (χ1v) is 8.89. The van der Waals surface area contributed by atoms with Crippen LogP contribution in [0.15, 0.2) is 6.07 Å². The number of aryl methyl sites for hydroxylation is 3. The lowest BCUT2D eigenvalue weighted by Gasteiger charge is -2.37. The Morgan fingerprint density at radius 3 is 2.79 bits per heavy atom. The highest BCUT2D eigenvalue weighted by Gasteiger charge is 2.48. The topological polar surface area (TPSA) is 56.6 Å². The molecule has 24 heavy (non-hydrogen) atoms. The maximum absolute atomic E-state index is 12.7. The van der Waals surface area contributed by atoms with Crippen molar-refractivity contribution in [2.45, 2.75) is 39.7 Å². The second-order valence-corrected chi connectivity index (χ2v) is 7.30. The molecule has 1 aromatic rings. The van der Waals surface area contributed by atoms with Crippen molar-refractivity contribution in [1.29, 1.82) is 0 Å². The summed E-state index contributed by atoms with van der Waals surface area (Å²) in [5.41, 5.74) is 2.30. The van der Waals surface area contributed by atoms with Gasteiger partial charge in [0.1, 0.15) is 0 Å². The average Bonchev–Trinajstić information content (AvgIpc) is 3.07. The molecule has 2 aliphatic heterocycles. The summed E-state index contributed by atoms with van der Waals surface area (Å²) in [6.45, 7) is 8.65. The van der Waals surface area contributed by atoms with Crippen LogP contribution < -0.4 is 0 Å². The van der Waals surface area contributed by atoms with Crippen molar-refractivity contribution in [3.05, 3.63) is 17.5 Å². The van der Waals surface area contributed by atoms with E-state index < -0.39 is 0 Å². The Kier molecular flexibility index (Phi) is 5.25. The summed E-state index contributed by atoms with van der Waals surface area (Å²) in [5.74, 6) is 0.649. The number of hydrogen-bond donors (Lipinski definition) is 0. The summed E-state index contributed by atoms with van der Waals surface area (Å²) < 4.78 is 12.9. The molecule has 0 radical (unpaired) electrons. The molecule has 2 aliphatic rings. The predicted octanol–water partition coefficient (Wildman–Crippen LogP) is 1.79. The van der Waals surface area contributed by atoms with E-state index in [-0.39, 0.29) is 11.3 Å². The number of amides is 1. The normalized spacial score (nSPS) is 23.1. The lowest BCUT2D eigenvalue weighted by Crippen LogP contribution is -2.39. The van der Waals surface area contributed by atoms with E-state index in [9.17, 15) is 4.79 Å². The van der Waals surface area contributed by atoms with Gasteiger partial charge in [0.25, 0.3) is 0 Å². The summed E-state index contributed by atoms with van der Waals surface area (Å²) in [7, 11) is 1.75. The largest absolute Gasteiger partial charge is 0.384 e. The zero-order chi connectivity index (χ0) is 17.2. The summed E-state index contributed by atoms with van der Waals surface area (Å²) in [6.07, 6.45) is 2.57. The van der Waals surface area contributed by atoms with E-state index in [1.54, 1.807) is 7.11 Å². The third-order valence-electron chi connectivity index (χ3n) is 5.66. The predicted molar refractivity (Wildman–Crippen MR) is 90.8 cm³/mol. The number of carbonyl (C=O) groups excluding carboxylic acids is 1. The second-order valence-electron chi connectivity index (χ2n) is 7.30. The third kappa shape index (κ3) is 3.49. The van der Waals surface area contributed by atoms with E-state index in [0.29, 0.717) is 18.9 Å². The number of carbonyl (C=O) groups is 1. The Labute approximate surface area is 144 Å². The van der Waals surface area contributed by atoms with E-state index in [1.807, 2.05) is 29.5 Å². The minimum atomic E-state index is 0.183. The monoisotopic (exact) mass is 335 g/mol. The molecule has 0 saturated carbocycles. The first-order valence-electron chi connectivity index (χ1n) is 8.89. The molecule has 2 fully saturated rings. The van der Waals surface area contributed by atoms with Gasteiger partial charge in [-0.05, 0) is 38.2 Å². The highest BCUT2D eigenvalue weighted by atomic mass is 16.5. The molecule has 134 valence electrons. The van der Waals surface area contributed by atoms with Gasteiger partial charge >= 0.3 is 0 Å². The highest BCUT2D eigenvalue weighted by Crippen LogP contribution is 2.44. The lowest BCUT2D eigenvalue weighted by atomic mass is 9.72. The number of rotatable bonds is 5. The molecule has 1 aromatic heterocycles. The Hall–Kier alpha value is -1.40. The van der Waals surface area contributed by atoms with Crippen LogP contribution in [-0.4, -0.2) is 60.6 Å². The number of hydrogen-bond acceptors (Lipinski definition) is 4. The summed E-state index contributed by atoms with van der Waals surface area (Å²) in [4.78, 5) is 14.8. The number of nitrogens with zero attached hydrogens (tertiary/aromatic N) is 3. The number of methoxy groups -OCH3 is 1. The van der Waals surface area contributed by atoms with Crippen LogP contribution in [0.5, 0.6) is 0 Å². The molecular weight excluding hydrogens is 306 g/mol. The molecule has 3 rings (SSSR count). The minimum Gasteiger partial charge on any atom is -0.384 e. The van der Waals surface area contributed by atoms with Crippen molar-refractivity contribution in [1.82, 2.24) is 14.7 Å². The highest BCUT2D eigenvalue weighted by molar-refractivity contribution is 5.76. The Morgan fingerprint density at radius 2 is 2.17 bits per heavy atom. The molecule has 1 spiro atoms.